The Bertz CT molecular complexity index is 694. The number of imidazole rings is 1. The number of benzene rings is 1. The van der Waals surface area contributed by atoms with E-state index in [4.69, 9.17) is 9.47 Å². The molecule has 104 valence electrons. The first-order valence-corrected chi connectivity index (χ1v) is 5.84. The number of rotatable bonds is 3. The van der Waals surface area contributed by atoms with E-state index in [0.29, 0.717) is 11.5 Å². The Morgan fingerprint density at radius 1 is 1.05 bits per heavy atom. The van der Waals surface area contributed by atoms with E-state index in [9.17, 15) is 0 Å². The van der Waals surface area contributed by atoms with E-state index in [1.165, 1.54) is 0 Å². The molecule has 0 radical (unpaired) electrons. The Labute approximate surface area is 122 Å². The molecule has 0 aliphatic carbocycles. The van der Waals surface area contributed by atoms with Crippen LogP contribution < -0.4 is 21.9 Å². The fraction of sp³-hybridized carbons (Fsp3) is 0.143. The van der Waals surface area contributed by atoms with Crippen molar-refractivity contribution in [3.8, 4) is 22.9 Å². The van der Waals surface area contributed by atoms with E-state index >= 15 is 0 Å². The summed E-state index contributed by atoms with van der Waals surface area (Å²) in [7, 11) is 3.23. The Morgan fingerprint density at radius 2 is 1.85 bits per heavy atom. The van der Waals surface area contributed by atoms with Crippen molar-refractivity contribution in [2.24, 2.45) is 0 Å². The fourth-order valence-corrected chi connectivity index (χ4v) is 1.98. The molecule has 0 aliphatic rings. The van der Waals surface area contributed by atoms with E-state index in [1.54, 1.807) is 26.6 Å². The highest BCUT2D eigenvalue weighted by Crippen LogP contribution is 2.31. The summed E-state index contributed by atoms with van der Waals surface area (Å²) in [5.41, 5.74) is 2.74. The predicted octanol–water partition coefficient (Wildman–Crippen LogP) is -0.354. The first-order chi connectivity index (χ1) is 9.31. The summed E-state index contributed by atoms with van der Waals surface area (Å²) < 4.78 is 10.5. The number of methoxy groups -OCH3 is 2. The van der Waals surface area contributed by atoms with Gasteiger partial charge in [-0.25, -0.2) is 4.98 Å². The normalized spacial score (nSPS) is 10.1. The van der Waals surface area contributed by atoms with Gasteiger partial charge in [0.15, 0.2) is 11.5 Å². The Balaban J connectivity index is 0.00000147. The van der Waals surface area contributed by atoms with Gasteiger partial charge in [-0.05, 0) is 24.3 Å². The van der Waals surface area contributed by atoms with Crippen LogP contribution in [0.25, 0.3) is 22.4 Å². The van der Waals surface area contributed by atoms with Crippen molar-refractivity contribution >= 4 is 11.0 Å². The molecule has 0 fully saturated rings. The van der Waals surface area contributed by atoms with Crippen molar-refractivity contribution in [2.75, 3.05) is 14.2 Å². The first-order valence-electron chi connectivity index (χ1n) is 5.84. The standard InChI is InChI=1S/C14H13N3O2.ClH/c1-18-12-4-3-9(7-13(12)19-2)14-16-10-5-6-15-8-11(10)17-14;/h3-8H,1-2H3,(H,16,17);1H/p-1. The highest BCUT2D eigenvalue weighted by molar-refractivity contribution is 5.78. The average molecular weight is 291 g/mol. The van der Waals surface area contributed by atoms with Crippen LogP contribution in [0.5, 0.6) is 11.5 Å². The molecule has 20 heavy (non-hydrogen) atoms. The van der Waals surface area contributed by atoms with Gasteiger partial charge in [0.2, 0.25) is 0 Å². The summed E-state index contributed by atoms with van der Waals surface area (Å²) >= 11 is 0. The lowest BCUT2D eigenvalue weighted by molar-refractivity contribution is -0.00000452. The second kappa shape index (κ2) is 5.79. The van der Waals surface area contributed by atoms with E-state index in [-0.39, 0.29) is 12.4 Å². The number of pyridine rings is 1. The van der Waals surface area contributed by atoms with Crippen LogP contribution in [0.15, 0.2) is 36.7 Å². The summed E-state index contributed by atoms with van der Waals surface area (Å²) in [6.07, 6.45) is 3.48. The van der Waals surface area contributed by atoms with Gasteiger partial charge in [0.1, 0.15) is 5.82 Å². The fourth-order valence-electron chi connectivity index (χ4n) is 1.98. The van der Waals surface area contributed by atoms with E-state index < -0.39 is 0 Å². The number of ether oxygens (including phenoxy) is 2. The zero-order chi connectivity index (χ0) is 13.2. The van der Waals surface area contributed by atoms with Crippen LogP contribution in [0.1, 0.15) is 0 Å². The molecule has 0 spiro atoms. The minimum atomic E-state index is 0. The van der Waals surface area contributed by atoms with Crippen molar-refractivity contribution in [1.82, 2.24) is 15.0 Å². The molecule has 3 aromatic rings. The summed E-state index contributed by atoms with van der Waals surface area (Å²) in [6.45, 7) is 0. The van der Waals surface area contributed by atoms with Crippen LogP contribution in [0.2, 0.25) is 0 Å². The zero-order valence-corrected chi connectivity index (χ0v) is 11.8. The molecule has 0 unspecified atom stereocenters. The monoisotopic (exact) mass is 290 g/mol. The number of aromatic amines is 1. The molecule has 5 nitrogen and oxygen atoms in total. The summed E-state index contributed by atoms with van der Waals surface area (Å²) in [5.74, 6) is 2.16. The highest BCUT2D eigenvalue weighted by atomic mass is 35.5. The predicted molar refractivity (Wildman–Crippen MR) is 72.4 cm³/mol. The van der Waals surface area contributed by atoms with Crippen molar-refractivity contribution in [1.29, 1.82) is 0 Å². The van der Waals surface area contributed by atoms with E-state index in [2.05, 4.69) is 15.0 Å². The van der Waals surface area contributed by atoms with Crippen LogP contribution in [0.3, 0.4) is 0 Å². The van der Waals surface area contributed by atoms with Gasteiger partial charge in [-0.15, -0.1) is 0 Å². The quantitative estimate of drug-likeness (QED) is 0.716. The molecular formula is C14H13ClN3O2-. The van der Waals surface area contributed by atoms with E-state index in [0.717, 1.165) is 22.4 Å². The van der Waals surface area contributed by atoms with Gasteiger partial charge in [-0.3, -0.25) is 4.98 Å². The second-order valence-corrected chi connectivity index (χ2v) is 4.05. The molecular weight excluding hydrogens is 278 g/mol. The van der Waals surface area contributed by atoms with Gasteiger partial charge in [0.05, 0.1) is 31.4 Å². The number of hydrogen-bond donors (Lipinski definition) is 1. The third kappa shape index (κ3) is 2.40. The Morgan fingerprint density at radius 3 is 2.55 bits per heavy atom. The molecule has 0 amide bonds. The van der Waals surface area contributed by atoms with Gasteiger partial charge in [0.25, 0.3) is 0 Å². The summed E-state index contributed by atoms with van der Waals surface area (Å²) in [4.78, 5) is 11.8. The van der Waals surface area contributed by atoms with Crippen LogP contribution in [-0.2, 0) is 0 Å². The van der Waals surface area contributed by atoms with Gasteiger partial charge in [-0.2, -0.15) is 0 Å². The van der Waals surface area contributed by atoms with Gasteiger partial charge < -0.3 is 26.9 Å². The second-order valence-electron chi connectivity index (χ2n) is 4.05. The van der Waals surface area contributed by atoms with Crippen molar-refractivity contribution in [3.63, 3.8) is 0 Å². The molecule has 0 saturated heterocycles. The highest BCUT2D eigenvalue weighted by Gasteiger charge is 2.09. The molecule has 1 N–H and O–H groups in total. The number of nitrogens with one attached hydrogen (secondary N) is 1. The van der Waals surface area contributed by atoms with Crippen molar-refractivity contribution < 1.29 is 21.9 Å². The zero-order valence-electron chi connectivity index (χ0n) is 11.1. The maximum Gasteiger partial charge on any atom is 0.161 e. The van der Waals surface area contributed by atoms with Crippen molar-refractivity contribution in [3.05, 3.63) is 36.7 Å². The molecule has 0 bridgehead atoms. The maximum atomic E-state index is 5.29. The smallest absolute Gasteiger partial charge is 0.161 e. The lowest BCUT2D eigenvalue weighted by atomic mass is 10.2. The molecule has 1 aromatic carbocycles. The Hall–Kier alpha value is -2.27. The average Bonchev–Trinajstić information content (AvgIpc) is 2.90. The third-order valence-electron chi connectivity index (χ3n) is 2.94. The molecule has 0 atom stereocenters. The van der Waals surface area contributed by atoms with Crippen LogP contribution in [-0.4, -0.2) is 29.2 Å². The number of hydrogen-bond acceptors (Lipinski definition) is 4. The number of nitrogens with zero attached hydrogens (tertiary/aromatic N) is 2. The Kier molecular flexibility index (Phi) is 4.10. The minimum absolute atomic E-state index is 0. The first kappa shape index (κ1) is 14.1. The summed E-state index contributed by atoms with van der Waals surface area (Å²) in [5, 5.41) is 0. The molecule has 3 rings (SSSR count). The van der Waals surface area contributed by atoms with Crippen LogP contribution >= 0.6 is 0 Å². The van der Waals surface area contributed by atoms with Gasteiger partial charge in [0, 0.05) is 11.8 Å². The molecule has 2 heterocycles. The number of halogens is 1. The lowest BCUT2D eigenvalue weighted by Crippen LogP contribution is -3.00. The van der Waals surface area contributed by atoms with Crippen LogP contribution in [0, 0.1) is 0 Å². The van der Waals surface area contributed by atoms with Crippen molar-refractivity contribution in [2.45, 2.75) is 0 Å². The lowest BCUT2D eigenvalue weighted by Gasteiger charge is -2.08. The van der Waals surface area contributed by atoms with Gasteiger partial charge in [-0.1, -0.05) is 0 Å². The topological polar surface area (TPSA) is 60.0 Å². The minimum Gasteiger partial charge on any atom is -1.00 e. The molecule has 0 saturated carbocycles. The third-order valence-corrected chi connectivity index (χ3v) is 2.94. The number of fused-ring (bicyclic) bond motifs is 1. The SMILES string of the molecule is COc1ccc(-c2nc3ccncc3[nH]2)cc1OC.[Cl-]. The maximum absolute atomic E-state index is 5.29. The summed E-state index contributed by atoms with van der Waals surface area (Å²) in [6, 6.07) is 7.56. The van der Waals surface area contributed by atoms with Gasteiger partial charge >= 0.3 is 0 Å². The van der Waals surface area contributed by atoms with Crippen LogP contribution in [0.4, 0.5) is 0 Å². The molecule has 6 heteroatoms. The largest absolute Gasteiger partial charge is 1.00 e. The number of aromatic nitrogens is 3. The van der Waals surface area contributed by atoms with E-state index in [1.807, 2.05) is 24.3 Å². The molecule has 0 aliphatic heterocycles. The molecule has 2 aromatic heterocycles. The number of H-pyrrole nitrogens is 1.